The molecule has 1 aromatic heterocycles. The summed E-state index contributed by atoms with van der Waals surface area (Å²) in [5.74, 6) is 1.78. The normalized spacial score (nSPS) is 15.9. The number of benzene rings is 2. The fourth-order valence-corrected chi connectivity index (χ4v) is 4.76. The predicted octanol–water partition coefficient (Wildman–Crippen LogP) is 3.73. The predicted molar refractivity (Wildman–Crippen MR) is 146 cm³/mol. The van der Waals surface area contributed by atoms with E-state index < -0.39 is 9.84 Å². The Morgan fingerprint density at radius 1 is 1.11 bits per heavy atom. The minimum atomic E-state index is -3.26. The van der Waals surface area contributed by atoms with Crippen LogP contribution in [0.4, 0.5) is 17.2 Å². The van der Waals surface area contributed by atoms with E-state index in [1.54, 1.807) is 13.2 Å². The van der Waals surface area contributed by atoms with Crippen LogP contribution in [-0.2, 0) is 20.3 Å². The second kappa shape index (κ2) is 11.2. The third-order valence-electron chi connectivity index (χ3n) is 5.59. The van der Waals surface area contributed by atoms with Crippen molar-refractivity contribution in [3.05, 3.63) is 60.3 Å². The van der Waals surface area contributed by atoms with Crippen LogP contribution in [0.25, 0.3) is 11.4 Å². The van der Waals surface area contributed by atoms with Crippen molar-refractivity contribution in [3.8, 4) is 17.1 Å². The summed E-state index contributed by atoms with van der Waals surface area (Å²) in [5, 5.41) is 6.74. The summed E-state index contributed by atoms with van der Waals surface area (Å²) in [5.41, 5.74) is 2.86. The smallest absolute Gasteiger partial charge is 0.175 e. The minimum Gasteiger partial charge on any atom is -0.497 e. The Balaban J connectivity index is 1.53. The molecule has 2 aromatic carbocycles. The maximum Gasteiger partial charge on any atom is 0.175 e. The van der Waals surface area contributed by atoms with Crippen LogP contribution in [0.5, 0.6) is 5.75 Å². The van der Waals surface area contributed by atoms with Crippen LogP contribution in [0.15, 0.2) is 54.6 Å². The molecule has 1 atom stereocenters. The summed E-state index contributed by atoms with van der Waals surface area (Å²) in [4.78, 5) is 11.4. The molecule has 2 heterocycles. The number of morpholine rings is 1. The third-order valence-corrected chi connectivity index (χ3v) is 6.61. The van der Waals surface area contributed by atoms with Gasteiger partial charge in [-0.25, -0.2) is 18.4 Å². The molecule has 0 aliphatic carbocycles. The fourth-order valence-electron chi connectivity index (χ4n) is 3.84. The second-order valence-electron chi connectivity index (χ2n) is 8.61. The average molecular weight is 528 g/mol. The molecule has 2 N–H and O–H groups in total. The molecule has 1 fully saturated rings. The zero-order chi connectivity index (χ0) is 25.7. The third kappa shape index (κ3) is 6.90. The Labute approximate surface area is 216 Å². The zero-order valence-corrected chi connectivity index (χ0v) is 22.0. The van der Waals surface area contributed by atoms with Crippen LogP contribution < -0.4 is 20.3 Å². The maximum absolute atomic E-state index is 12.0. The Kier molecular flexibility index (Phi) is 8.02. The quantitative estimate of drug-likeness (QED) is 0.442. The standard InChI is InChI=1S/C25H29N5O4S2/c1-17-15-34-13-12-30(17)23-14-21(16-36(3,31)32)26-24(29-23)18-4-6-19(7-5-18)27-25(35)28-20-8-10-22(33-2)11-9-20/h4-11,14,17H,12-13,15-16H2,1-3H3,(H2,27,28,35)/t17-/m0/s1. The Morgan fingerprint density at radius 2 is 1.75 bits per heavy atom. The van der Waals surface area contributed by atoms with Crippen LogP contribution in [0.1, 0.15) is 12.6 Å². The monoisotopic (exact) mass is 527 g/mol. The van der Waals surface area contributed by atoms with Crippen LogP contribution in [0.3, 0.4) is 0 Å². The van der Waals surface area contributed by atoms with Crippen LogP contribution >= 0.6 is 12.2 Å². The topological polar surface area (TPSA) is 106 Å². The number of ether oxygens (including phenoxy) is 2. The van der Waals surface area contributed by atoms with Crippen molar-refractivity contribution in [1.29, 1.82) is 0 Å². The van der Waals surface area contributed by atoms with E-state index in [9.17, 15) is 8.42 Å². The SMILES string of the molecule is COc1ccc(NC(=S)Nc2ccc(-c3nc(CS(C)(=O)=O)cc(N4CCOC[C@@H]4C)n3)cc2)cc1. The number of rotatable bonds is 7. The summed E-state index contributed by atoms with van der Waals surface area (Å²) in [6.45, 7) is 3.92. The number of thiocarbonyl (C=S) groups is 1. The number of aromatic nitrogens is 2. The first-order chi connectivity index (χ1) is 17.2. The van der Waals surface area contributed by atoms with Crippen LogP contribution in [0.2, 0.25) is 0 Å². The van der Waals surface area contributed by atoms with Crippen molar-refractivity contribution in [2.45, 2.75) is 18.7 Å². The van der Waals surface area contributed by atoms with Crippen molar-refractivity contribution in [1.82, 2.24) is 9.97 Å². The van der Waals surface area contributed by atoms with Crippen molar-refractivity contribution in [2.75, 3.05) is 48.7 Å². The van der Waals surface area contributed by atoms with E-state index in [1.807, 2.05) is 48.5 Å². The molecule has 11 heteroatoms. The van der Waals surface area contributed by atoms with Gasteiger partial charge in [-0.15, -0.1) is 0 Å². The molecule has 4 rings (SSSR count). The van der Waals surface area contributed by atoms with E-state index in [2.05, 4.69) is 27.4 Å². The molecular weight excluding hydrogens is 498 g/mol. The second-order valence-corrected chi connectivity index (χ2v) is 11.2. The van der Waals surface area contributed by atoms with Crippen LogP contribution in [0, 0.1) is 0 Å². The van der Waals surface area contributed by atoms with Gasteiger partial charge >= 0.3 is 0 Å². The molecule has 36 heavy (non-hydrogen) atoms. The first-order valence-corrected chi connectivity index (χ1v) is 13.9. The molecule has 1 aliphatic heterocycles. The molecule has 1 saturated heterocycles. The van der Waals surface area contributed by atoms with Gasteiger partial charge in [-0.3, -0.25) is 0 Å². The molecule has 190 valence electrons. The summed E-state index contributed by atoms with van der Waals surface area (Å²) in [7, 11) is -1.64. The average Bonchev–Trinajstić information content (AvgIpc) is 2.84. The molecule has 0 amide bonds. The van der Waals surface area contributed by atoms with Crippen molar-refractivity contribution in [2.24, 2.45) is 0 Å². The van der Waals surface area contributed by atoms with E-state index in [1.165, 1.54) is 6.26 Å². The Bertz CT molecular complexity index is 1320. The van der Waals surface area contributed by atoms with Crippen molar-refractivity contribution < 1.29 is 17.9 Å². The molecule has 0 bridgehead atoms. The summed E-state index contributed by atoms with van der Waals surface area (Å²) < 4.78 is 34.7. The summed E-state index contributed by atoms with van der Waals surface area (Å²) >= 11 is 5.42. The van der Waals surface area contributed by atoms with Gasteiger partial charge in [0.1, 0.15) is 11.6 Å². The Morgan fingerprint density at radius 3 is 2.33 bits per heavy atom. The fraction of sp³-hybridized carbons (Fsp3) is 0.320. The number of anilines is 3. The molecule has 0 radical (unpaired) electrons. The highest BCUT2D eigenvalue weighted by atomic mass is 32.2. The molecular formula is C25H29N5O4S2. The molecule has 9 nitrogen and oxygen atoms in total. The zero-order valence-electron chi connectivity index (χ0n) is 20.4. The lowest BCUT2D eigenvalue weighted by Gasteiger charge is -2.34. The molecule has 0 saturated carbocycles. The van der Waals surface area contributed by atoms with E-state index >= 15 is 0 Å². The highest BCUT2D eigenvalue weighted by Gasteiger charge is 2.22. The molecule has 1 aliphatic rings. The first-order valence-electron chi connectivity index (χ1n) is 11.4. The van der Waals surface area contributed by atoms with Gasteiger partial charge in [0.2, 0.25) is 0 Å². The van der Waals surface area contributed by atoms with Gasteiger partial charge in [0.15, 0.2) is 20.8 Å². The molecule has 0 unspecified atom stereocenters. The first kappa shape index (κ1) is 25.8. The van der Waals surface area contributed by atoms with Crippen LogP contribution in [-0.4, -0.2) is 62.7 Å². The van der Waals surface area contributed by atoms with Gasteiger partial charge in [-0.05, 0) is 67.7 Å². The van der Waals surface area contributed by atoms with Gasteiger partial charge in [0.25, 0.3) is 0 Å². The van der Waals surface area contributed by atoms with Crippen molar-refractivity contribution in [3.63, 3.8) is 0 Å². The van der Waals surface area contributed by atoms with Gasteiger partial charge in [0.05, 0.1) is 37.8 Å². The lowest BCUT2D eigenvalue weighted by atomic mass is 10.2. The van der Waals surface area contributed by atoms with Gasteiger partial charge < -0.3 is 25.0 Å². The summed E-state index contributed by atoms with van der Waals surface area (Å²) in [6, 6.07) is 16.8. The Hall–Kier alpha value is -3.28. The number of hydrogen-bond donors (Lipinski definition) is 2. The number of hydrogen-bond acceptors (Lipinski definition) is 8. The van der Waals surface area contributed by atoms with Gasteiger partial charge in [-0.1, -0.05) is 0 Å². The van der Waals surface area contributed by atoms with E-state index in [4.69, 9.17) is 26.7 Å². The number of methoxy groups -OCH3 is 1. The maximum atomic E-state index is 12.0. The highest BCUT2D eigenvalue weighted by molar-refractivity contribution is 7.89. The van der Waals surface area contributed by atoms with Gasteiger partial charge in [0, 0.05) is 35.8 Å². The van der Waals surface area contributed by atoms with Crippen molar-refractivity contribution >= 4 is 44.4 Å². The molecule has 3 aromatic rings. The lowest BCUT2D eigenvalue weighted by Crippen LogP contribution is -2.44. The number of nitrogens with zero attached hydrogens (tertiary/aromatic N) is 3. The number of sulfone groups is 1. The van der Waals surface area contributed by atoms with E-state index in [0.717, 1.165) is 22.7 Å². The highest BCUT2D eigenvalue weighted by Crippen LogP contribution is 2.25. The summed E-state index contributed by atoms with van der Waals surface area (Å²) in [6.07, 6.45) is 1.20. The van der Waals surface area contributed by atoms with E-state index in [0.29, 0.717) is 42.2 Å². The van der Waals surface area contributed by atoms with E-state index in [-0.39, 0.29) is 11.8 Å². The lowest BCUT2D eigenvalue weighted by molar-refractivity contribution is 0.0985. The number of nitrogens with one attached hydrogen (secondary N) is 2. The largest absolute Gasteiger partial charge is 0.497 e. The van der Waals surface area contributed by atoms with Gasteiger partial charge in [-0.2, -0.15) is 0 Å². The molecule has 0 spiro atoms. The minimum absolute atomic E-state index is 0.123.